The summed E-state index contributed by atoms with van der Waals surface area (Å²) in [6.45, 7) is 15.0. The lowest BCUT2D eigenvalue weighted by atomic mass is 9.35. The summed E-state index contributed by atoms with van der Waals surface area (Å²) >= 11 is 0. The second-order valence-electron chi connectivity index (χ2n) is 8.47. The molecule has 0 amide bonds. The molecule has 0 aromatic rings. The van der Waals surface area contributed by atoms with E-state index >= 15 is 0 Å². The van der Waals surface area contributed by atoms with Crippen molar-refractivity contribution in [2.75, 3.05) is 0 Å². The van der Waals surface area contributed by atoms with Crippen LogP contribution in [0, 0.1) is 28.6 Å². The van der Waals surface area contributed by atoms with E-state index in [1.54, 1.807) is 6.92 Å². The quantitative estimate of drug-likeness (QED) is 0.554. The molecule has 5 unspecified atom stereocenters. The molecule has 4 fully saturated rings. The number of esters is 1. The molecule has 0 heterocycles. The van der Waals surface area contributed by atoms with E-state index < -0.39 is 0 Å². The van der Waals surface area contributed by atoms with Gasteiger partial charge in [-0.25, -0.2) is 4.79 Å². The Morgan fingerprint density at radius 2 is 1.85 bits per heavy atom. The number of ether oxygens (including phenoxy) is 1. The van der Waals surface area contributed by atoms with Crippen molar-refractivity contribution in [3.63, 3.8) is 0 Å². The zero-order valence-electron chi connectivity index (χ0n) is 13.6. The molecular formula is C18H28O2. The number of hydrogen-bond acceptors (Lipinski definition) is 2. The maximum absolute atomic E-state index is 12.2. The highest BCUT2D eigenvalue weighted by molar-refractivity contribution is 5.87. The van der Waals surface area contributed by atoms with E-state index in [0.29, 0.717) is 5.57 Å². The molecule has 0 aromatic heterocycles. The summed E-state index contributed by atoms with van der Waals surface area (Å²) < 4.78 is 6.10. The van der Waals surface area contributed by atoms with Gasteiger partial charge in [0.2, 0.25) is 0 Å². The van der Waals surface area contributed by atoms with Gasteiger partial charge in [-0.15, -0.1) is 0 Å². The van der Waals surface area contributed by atoms with Crippen LogP contribution in [-0.4, -0.2) is 11.6 Å². The predicted molar refractivity (Wildman–Crippen MR) is 80.1 cm³/mol. The van der Waals surface area contributed by atoms with E-state index in [0.717, 1.165) is 30.6 Å². The summed E-state index contributed by atoms with van der Waals surface area (Å²) in [7, 11) is 0. The van der Waals surface area contributed by atoms with Gasteiger partial charge in [0.1, 0.15) is 5.60 Å². The van der Waals surface area contributed by atoms with Crippen LogP contribution in [0.1, 0.15) is 60.3 Å². The Morgan fingerprint density at radius 1 is 1.20 bits per heavy atom. The monoisotopic (exact) mass is 276 g/mol. The molecule has 0 spiro atoms. The minimum atomic E-state index is -0.268. The van der Waals surface area contributed by atoms with Gasteiger partial charge >= 0.3 is 5.97 Å². The minimum Gasteiger partial charge on any atom is -0.455 e. The summed E-state index contributed by atoms with van der Waals surface area (Å²) in [4.78, 5) is 12.2. The molecule has 4 aliphatic carbocycles. The standard InChI is InChI=1S/C18H28O2/c1-11(2)15(19)20-18-9-13-7-14(10-18)12(3)17(6,8-13)16(18,4)5/h12-14H,1,7-10H2,2-6H3. The molecule has 2 nitrogen and oxygen atoms in total. The third-order valence-electron chi connectivity index (χ3n) is 7.47. The molecule has 20 heavy (non-hydrogen) atoms. The molecule has 4 saturated carbocycles. The lowest BCUT2D eigenvalue weighted by Crippen LogP contribution is -2.70. The van der Waals surface area contributed by atoms with Crippen LogP contribution >= 0.6 is 0 Å². The van der Waals surface area contributed by atoms with Gasteiger partial charge in [0, 0.05) is 11.0 Å². The van der Waals surface area contributed by atoms with Crippen molar-refractivity contribution in [1.29, 1.82) is 0 Å². The van der Waals surface area contributed by atoms with Crippen LogP contribution in [0.3, 0.4) is 0 Å². The second kappa shape index (κ2) is 3.90. The van der Waals surface area contributed by atoms with Crippen molar-refractivity contribution in [1.82, 2.24) is 0 Å². The summed E-state index contributed by atoms with van der Waals surface area (Å²) in [6, 6.07) is 0. The summed E-state index contributed by atoms with van der Waals surface area (Å²) in [5.41, 5.74) is 0.579. The van der Waals surface area contributed by atoms with Crippen molar-refractivity contribution >= 4 is 5.97 Å². The van der Waals surface area contributed by atoms with E-state index in [2.05, 4.69) is 34.3 Å². The third-order valence-corrected chi connectivity index (χ3v) is 7.47. The smallest absolute Gasteiger partial charge is 0.333 e. The van der Waals surface area contributed by atoms with Gasteiger partial charge in [0.15, 0.2) is 0 Å². The highest BCUT2D eigenvalue weighted by Crippen LogP contribution is 2.72. The molecule has 0 N–H and O–H groups in total. The molecule has 0 aliphatic heterocycles. The van der Waals surface area contributed by atoms with Crippen LogP contribution in [0.15, 0.2) is 12.2 Å². The first-order chi connectivity index (χ1) is 9.13. The topological polar surface area (TPSA) is 26.3 Å². The normalized spacial score (nSPS) is 48.1. The van der Waals surface area contributed by atoms with Crippen LogP contribution in [-0.2, 0) is 9.53 Å². The molecule has 4 aliphatic rings. The first-order valence-corrected chi connectivity index (χ1v) is 8.02. The molecule has 5 atom stereocenters. The maximum Gasteiger partial charge on any atom is 0.333 e. The molecule has 4 rings (SSSR count). The van der Waals surface area contributed by atoms with E-state index in [1.165, 1.54) is 12.8 Å². The van der Waals surface area contributed by atoms with Crippen LogP contribution in [0.2, 0.25) is 0 Å². The van der Waals surface area contributed by atoms with E-state index in [-0.39, 0.29) is 22.4 Å². The Morgan fingerprint density at radius 3 is 2.45 bits per heavy atom. The van der Waals surface area contributed by atoms with Gasteiger partial charge in [-0.05, 0) is 55.8 Å². The molecule has 112 valence electrons. The molecule has 0 saturated heterocycles. The van der Waals surface area contributed by atoms with Crippen LogP contribution < -0.4 is 0 Å². The summed E-state index contributed by atoms with van der Waals surface area (Å²) in [5.74, 6) is 1.99. The van der Waals surface area contributed by atoms with Crippen LogP contribution in [0.4, 0.5) is 0 Å². The average Bonchev–Trinajstić information content (AvgIpc) is 2.33. The zero-order chi connectivity index (χ0) is 14.9. The molecule has 0 aromatic carbocycles. The van der Waals surface area contributed by atoms with E-state index in [9.17, 15) is 4.79 Å². The van der Waals surface area contributed by atoms with Gasteiger partial charge in [-0.3, -0.25) is 0 Å². The van der Waals surface area contributed by atoms with Crippen molar-refractivity contribution < 1.29 is 9.53 Å². The van der Waals surface area contributed by atoms with Crippen molar-refractivity contribution in [2.24, 2.45) is 28.6 Å². The largest absolute Gasteiger partial charge is 0.455 e. The summed E-state index contributed by atoms with van der Waals surface area (Å²) in [6.07, 6.45) is 4.73. The molecule has 2 heteroatoms. The Kier molecular flexibility index (Phi) is 2.76. The SMILES string of the molecule is C=C(C)C(=O)OC12CC3CC(C1)C(C)C(C)(C3)C2(C)C. The van der Waals surface area contributed by atoms with Gasteiger partial charge in [0.05, 0.1) is 0 Å². The molecule has 0 radical (unpaired) electrons. The second-order valence-corrected chi connectivity index (χ2v) is 8.47. The Hall–Kier alpha value is -0.790. The molecular weight excluding hydrogens is 248 g/mol. The average molecular weight is 276 g/mol. The lowest BCUT2D eigenvalue weighted by Gasteiger charge is -2.71. The van der Waals surface area contributed by atoms with Crippen molar-refractivity contribution in [3.05, 3.63) is 12.2 Å². The van der Waals surface area contributed by atoms with Gasteiger partial charge in [-0.1, -0.05) is 34.3 Å². The Labute approximate surface area is 123 Å². The molecule has 4 bridgehead atoms. The first kappa shape index (κ1) is 14.2. The fourth-order valence-electron chi connectivity index (χ4n) is 5.74. The van der Waals surface area contributed by atoms with Crippen molar-refractivity contribution in [3.8, 4) is 0 Å². The Balaban J connectivity index is 2.03. The van der Waals surface area contributed by atoms with Crippen LogP contribution in [0.25, 0.3) is 0 Å². The van der Waals surface area contributed by atoms with Gasteiger partial charge in [-0.2, -0.15) is 0 Å². The summed E-state index contributed by atoms with van der Waals surface area (Å²) in [5, 5.41) is 0. The fourth-order valence-corrected chi connectivity index (χ4v) is 5.74. The number of carbonyl (C=O) groups excluding carboxylic acids is 1. The lowest BCUT2D eigenvalue weighted by molar-refractivity contribution is -0.281. The Bertz CT molecular complexity index is 478. The van der Waals surface area contributed by atoms with Crippen molar-refractivity contribution in [2.45, 2.75) is 65.9 Å². The highest BCUT2D eigenvalue weighted by Gasteiger charge is 2.70. The number of carbonyl (C=O) groups is 1. The number of rotatable bonds is 2. The van der Waals surface area contributed by atoms with Gasteiger partial charge < -0.3 is 4.74 Å². The van der Waals surface area contributed by atoms with Gasteiger partial charge in [0.25, 0.3) is 0 Å². The van der Waals surface area contributed by atoms with E-state index in [1.807, 2.05) is 0 Å². The predicted octanol–water partition coefficient (Wildman–Crippen LogP) is 4.35. The number of hydrogen-bond donors (Lipinski definition) is 0. The zero-order valence-corrected chi connectivity index (χ0v) is 13.6. The minimum absolute atomic E-state index is 0.0396. The first-order valence-electron chi connectivity index (χ1n) is 8.02. The maximum atomic E-state index is 12.2. The van der Waals surface area contributed by atoms with Crippen LogP contribution in [0.5, 0.6) is 0 Å². The highest BCUT2D eigenvalue weighted by atomic mass is 16.6. The van der Waals surface area contributed by atoms with E-state index in [4.69, 9.17) is 4.74 Å². The third kappa shape index (κ3) is 1.48. The fraction of sp³-hybridized carbons (Fsp3) is 0.833.